The highest BCUT2D eigenvalue weighted by Crippen LogP contribution is 2.43. The number of aliphatic hydroxyl groups is 1. The van der Waals surface area contributed by atoms with E-state index in [-0.39, 0.29) is 0 Å². The Balaban J connectivity index is 1.75. The maximum Gasteiger partial charge on any atom is 0.0431 e. The molecule has 3 aliphatic rings. The first kappa shape index (κ1) is 16.7. The Labute approximate surface area is 137 Å². The molecule has 3 heteroatoms. The monoisotopic (exact) mass is 308 g/mol. The number of hydrogen-bond donors (Lipinski definition) is 1. The molecule has 1 N–H and O–H groups in total. The van der Waals surface area contributed by atoms with Crippen LogP contribution in [0.2, 0.25) is 0 Å². The number of likely N-dealkylation sites (tertiary alicyclic amines) is 1. The van der Waals surface area contributed by atoms with Crippen LogP contribution in [0.25, 0.3) is 0 Å². The topological polar surface area (TPSA) is 26.7 Å². The summed E-state index contributed by atoms with van der Waals surface area (Å²) in [6, 6.07) is 1.65. The van der Waals surface area contributed by atoms with Gasteiger partial charge in [-0.15, -0.1) is 0 Å². The van der Waals surface area contributed by atoms with Gasteiger partial charge < -0.3 is 5.11 Å². The Morgan fingerprint density at radius 2 is 1.86 bits per heavy atom. The van der Waals surface area contributed by atoms with Gasteiger partial charge in [0.1, 0.15) is 0 Å². The number of unbranched alkanes of at least 4 members (excludes halogenated alkanes) is 1. The first-order valence-corrected chi connectivity index (χ1v) is 9.79. The van der Waals surface area contributed by atoms with Gasteiger partial charge in [0, 0.05) is 31.8 Å². The van der Waals surface area contributed by atoms with Gasteiger partial charge in [-0.05, 0) is 75.8 Å². The molecule has 3 aliphatic heterocycles. The van der Waals surface area contributed by atoms with Crippen molar-refractivity contribution in [1.29, 1.82) is 0 Å². The van der Waals surface area contributed by atoms with Crippen molar-refractivity contribution in [3.8, 4) is 0 Å². The maximum atomic E-state index is 9.15. The molecule has 0 bridgehead atoms. The van der Waals surface area contributed by atoms with E-state index in [1.165, 1.54) is 64.7 Å². The number of piperidine rings is 3. The molecular weight excluding hydrogens is 272 g/mol. The summed E-state index contributed by atoms with van der Waals surface area (Å²) in [7, 11) is 0. The molecule has 22 heavy (non-hydrogen) atoms. The lowest BCUT2D eigenvalue weighted by atomic mass is 9.69. The highest BCUT2D eigenvalue weighted by atomic mass is 16.2. The molecule has 0 aromatic rings. The first-order valence-electron chi connectivity index (χ1n) is 9.79. The third-order valence-electron chi connectivity index (χ3n) is 6.29. The van der Waals surface area contributed by atoms with Crippen molar-refractivity contribution in [2.24, 2.45) is 17.8 Å². The SMILES string of the molecule is CC(C)CN1C[C@H]2CCCN3CCC[C@@H]([C@H]23)[C@H]1CCCCO. The summed E-state index contributed by atoms with van der Waals surface area (Å²) in [6.07, 6.45) is 9.19. The summed E-state index contributed by atoms with van der Waals surface area (Å²) < 4.78 is 0. The van der Waals surface area contributed by atoms with Gasteiger partial charge in [-0.25, -0.2) is 0 Å². The number of nitrogens with zero attached hydrogens (tertiary/aromatic N) is 2. The molecule has 3 nitrogen and oxygen atoms in total. The largest absolute Gasteiger partial charge is 0.396 e. The van der Waals surface area contributed by atoms with Crippen LogP contribution in [0.15, 0.2) is 0 Å². The smallest absolute Gasteiger partial charge is 0.0431 e. The fourth-order valence-electron chi connectivity index (χ4n) is 5.62. The predicted octanol–water partition coefficient (Wildman–Crippen LogP) is 2.98. The number of hydrogen-bond acceptors (Lipinski definition) is 3. The fourth-order valence-corrected chi connectivity index (χ4v) is 5.62. The summed E-state index contributed by atoms with van der Waals surface area (Å²) >= 11 is 0. The second-order valence-corrected chi connectivity index (χ2v) is 8.37. The van der Waals surface area contributed by atoms with Crippen LogP contribution in [0.1, 0.15) is 58.8 Å². The van der Waals surface area contributed by atoms with E-state index in [9.17, 15) is 0 Å². The Bertz CT molecular complexity index is 344. The second kappa shape index (κ2) is 7.63. The molecule has 3 fully saturated rings. The van der Waals surface area contributed by atoms with Crippen LogP contribution in [0.3, 0.4) is 0 Å². The van der Waals surface area contributed by atoms with Crippen LogP contribution >= 0.6 is 0 Å². The van der Waals surface area contributed by atoms with Crippen molar-refractivity contribution in [2.75, 3.05) is 32.8 Å². The van der Waals surface area contributed by atoms with E-state index < -0.39 is 0 Å². The lowest BCUT2D eigenvalue weighted by Crippen LogP contribution is -2.65. The van der Waals surface area contributed by atoms with Gasteiger partial charge in [0.05, 0.1) is 0 Å². The van der Waals surface area contributed by atoms with Crippen LogP contribution in [0.5, 0.6) is 0 Å². The van der Waals surface area contributed by atoms with Crippen molar-refractivity contribution in [3.05, 3.63) is 0 Å². The molecule has 3 heterocycles. The third-order valence-corrected chi connectivity index (χ3v) is 6.29. The van der Waals surface area contributed by atoms with Crippen molar-refractivity contribution >= 4 is 0 Å². The molecular formula is C19H36N2O. The summed E-state index contributed by atoms with van der Waals surface area (Å²) in [5.74, 6) is 2.58. The predicted molar refractivity (Wildman–Crippen MR) is 91.9 cm³/mol. The summed E-state index contributed by atoms with van der Waals surface area (Å²) in [5.41, 5.74) is 0. The summed E-state index contributed by atoms with van der Waals surface area (Å²) in [5, 5.41) is 9.15. The summed E-state index contributed by atoms with van der Waals surface area (Å²) in [4.78, 5) is 5.69. The molecule has 0 unspecified atom stereocenters. The Morgan fingerprint density at radius 1 is 1.09 bits per heavy atom. The average Bonchev–Trinajstić information content (AvgIpc) is 2.50. The van der Waals surface area contributed by atoms with Crippen LogP contribution in [0.4, 0.5) is 0 Å². The molecule has 0 aromatic carbocycles. The minimum Gasteiger partial charge on any atom is -0.396 e. The molecule has 4 atom stereocenters. The van der Waals surface area contributed by atoms with E-state index in [2.05, 4.69) is 23.6 Å². The maximum absolute atomic E-state index is 9.15. The normalized spacial score (nSPS) is 36.5. The van der Waals surface area contributed by atoms with Gasteiger partial charge in [-0.1, -0.05) is 13.8 Å². The fraction of sp³-hybridized carbons (Fsp3) is 1.00. The molecule has 0 saturated carbocycles. The molecule has 3 rings (SSSR count). The van der Waals surface area contributed by atoms with Crippen LogP contribution in [-0.2, 0) is 0 Å². The number of aliphatic hydroxyl groups excluding tert-OH is 1. The third kappa shape index (κ3) is 3.52. The van der Waals surface area contributed by atoms with Crippen LogP contribution in [0, 0.1) is 17.8 Å². The van der Waals surface area contributed by atoms with Crippen molar-refractivity contribution in [2.45, 2.75) is 70.9 Å². The van der Waals surface area contributed by atoms with E-state index in [4.69, 9.17) is 5.11 Å². The van der Waals surface area contributed by atoms with Crippen LogP contribution in [-0.4, -0.2) is 59.8 Å². The van der Waals surface area contributed by atoms with E-state index in [1.807, 2.05) is 0 Å². The summed E-state index contributed by atoms with van der Waals surface area (Å²) in [6.45, 7) is 10.4. The average molecular weight is 309 g/mol. The first-order chi connectivity index (χ1) is 10.7. The minimum atomic E-state index is 0.361. The van der Waals surface area contributed by atoms with Crippen LogP contribution < -0.4 is 0 Å². The van der Waals surface area contributed by atoms with E-state index in [1.54, 1.807) is 0 Å². The molecule has 0 aromatic heterocycles. The van der Waals surface area contributed by atoms with Gasteiger partial charge in [-0.3, -0.25) is 9.80 Å². The zero-order valence-corrected chi connectivity index (χ0v) is 14.7. The van der Waals surface area contributed by atoms with Gasteiger partial charge in [0.25, 0.3) is 0 Å². The van der Waals surface area contributed by atoms with Crippen molar-refractivity contribution in [3.63, 3.8) is 0 Å². The highest BCUT2D eigenvalue weighted by Gasteiger charge is 2.47. The molecule has 0 radical (unpaired) electrons. The molecule has 3 saturated heterocycles. The lowest BCUT2D eigenvalue weighted by molar-refractivity contribution is -0.0811. The standard InChI is InChI=1S/C19H36N2O/c1-15(2)13-21-14-16-7-5-10-20-11-6-8-17(19(16)20)18(21)9-3-4-12-22/h15-19,22H,3-14H2,1-2H3/t16-,17-,18-,19+/m1/s1. The van der Waals surface area contributed by atoms with Crippen molar-refractivity contribution < 1.29 is 5.11 Å². The second-order valence-electron chi connectivity index (χ2n) is 8.37. The lowest BCUT2D eigenvalue weighted by Gasteiger charge is -2.58. The van der Waals surface area contributed by atoms with E-state index >= 15 is 0 Å². The van der Waals surface area contributed by atoms with Gasteiger partial charge in [0.15, 0.2) is 0 Å². The Kier molecular flexibility index (Phi) is 5.80. The Hall–Kier alpha value is -0.120. The van der Waals surface area contributed by atoms with Crippen molar-refractivity contribution in [1.82, 2.24) is 9.80 Å². The van der Waals surface area contributed by atoms with E-state index in [0.29, 0.717) is 6.61 Å². The molecule has 0 amide bonds. The van der Waals surface area contributed by atoms with E-state index in [0.717, 1.165) is 36.3 Å². The highest BCUT2D eigenvalue weighted by molar-refractivity contribution is 5.02. The number of rotatable bonds is 6. The van der Waals surface area contributed by atoms with Gasteiger partial charge in [0.2, 0.25) is 0 Å². The molecule has 0 spiro atoms. The van der Waals surface area contributed by atoms with Gasteiger partial charge in [-0.2, -0.15) is 0 Å². The Morgan fingerprint density at radius 3 is 2.59 bits per heavy atom. The quantitative estimate of drug-likeness (QED) is 0.764. The van der Waals surface area contributed by atoms with Gasteiger partial charge >= 0.3 is 0 Å². The minimum absolute atomic E-state index is 0.361. The molecule has 0 aliphatic carbocycles. The molecule has 128 valence electrons. The zero-order valence-electron chi connectivity index (χ0n) is 14.7. The zero-order chi connectivity index (χ0) is 15.5.